The highest BCUT2D eigenvalue weighted by Crippen LogP contribution is 2.14. The molecule has 0 amide bonds. The summed E-state index contributed by atoms with van der Waals surface area (Å²) in [5.41, 5.74) is 7.33. The normalized spacial score (nSPS) is 12.9. The molecule has 62 valence electrons. The van der Waals surface area contributed by atoms with Gasteiger partial charge < -0.3 is 5.73 Å². The third-order valence-corrected chi connectivity index (χ3v) is 1.52. The zero-order valence-electron chi connectivity index (χ0n) is 7.46. The molecule has 0 aromatic carbocycles. The van der Waals surface area contributed by atoms with Gasteiger partial charge in [0.15, 0.2) is 0 Å². The molecule has 11 heavy (non-hydrogen) atoms. The van der Waals surface area contributed by atoms with Gasteiger partial charge in [0, 0.05) is 25.0 Å². The Kier molecular flexibility index (Phi) is 4.27. The molecule has 0 saturated heterocycles. The quantitative estimate of drug-likeness (QED) is 0.485. The molecule has 0 aromatic rings. The van der Waals surface area contributed by atoms with Crippen LogP contribution in [-0.2, 0) is 0 Å². The molecule has 0 atom stereocenters. The first-order valence-electron chi connectivity index (χ1n) is 3.66. The first-order chi connectivity index (χ1) is 5.13. The van der Waals surface area contributed by atoms with Crippen LogP contribution in [0.4, 0.5) is 0 Å². The minimum Gasteiger partial charge on any atom is -0.404 e. The van der Waals surface area contributed by atoms with E-state index in [4.69, 9.17) is 5.73 Å². The van der Waals surface area contributed by atoms with Crippen LogP contribution in [0.25, 0.3) is 0 Å². The Morgan fingerprint density at radius 1 is 1.55 bits per heavy atom. The molecule has 2 N–H and O–H groups in total. The molecular formula is C9H16N2. The fourth-order valence-electron chi connectivity index (χ4n) is 0.705. The van der Waals surface area contributed by atoms with Crippen molar-refractivity contribution in [1.29, 1.82) is 0 Å². The second kappa shape index (κ2) is 4.72. The largest absolute Gasteiger partial charge is 0.404 e. The van der Waals surface area contributed by atoms with Crippen molar-refractivity contribution >= 4 is 6.21 Å². The molecule has 0 radical (unpaired) electrons. The summed E-state index contributed by atoms with van der Waals surface area (Å²) in [4.78, 5) is 3.88. The molecule has 2 nitrogen and oxygen atoms in total. The van der Waals surface area contributed by atoms with E-state index >= 15 is 0 Å². The van der Waals surface area contributed by atoms with Crippen molar-refractivity contribution in [2.24, 2.45) is 16.6 Å². The maximum Gasteiger partial charge on any atom is 0.0298 e. The Balaban J connectivity index is 4.41. The first-order valence-corrected chi connectivity index (χ1v) is 3.66. The van der Waals surface area contributed by atoms with Crippen molar-refractivity contribution < 1.29 is 0 Å². The van der Waals surface area contributed by atoms with Crippen LogP contribution in [-0.4, -0.2) is 13.3 Å². The Hall–Kier alpha value is -1.05. The molecule has 0 rings (SSSR count). The SMILES string of the molecule is C=C(C(C=NC)=CN)C(C)C. The van der Waals surface area contributed by atoms with E-state index in [-0.39, 0.29) is 0 Å². The van der Waals surface area contributed by atoms with E-state index in [9.17, 15) is 0 Å². The van der Waals surface area contributed by atoms with E-state index in [2.05, 4.69) is 25.4 Å². The lowest BCUT2D eigenvalue weighted by Gasteiger charge is -2.08. The molecular weight excluding hydrogens is 136 g/mol. The number of rotatable bonds is 3. The van der Waals surface area contributed by atoms with E-state index < -0.39 is 0 Å². The molecule has 0 heterocycles. The summed E-state index contributed by atoms with van der Waals surface area (Å²) in [6.07, 6.45) is 3.26. The Morgan fingerprint density at radius 3 is 2.36 bits per heavy atom. The van der Waals surface area contributed by atoms with Crippen LogP contribution in [0.3, 0.4) is 0 Å². The second-order valence-corrected chi connectivity index (χ2v) is 2.69. The maximum atomic E-state index is 5.38. The summed E-state index contributed by atoms with van der Waals surface area (Å²) in [5, 5.41) is 0. The Labute approximate surface area is 68.5 Å². The van der Waals surface area contributed by atoms with Crippen LogP contribution < -0.4 is 5.73 Å². The number of aliphatic imine (C=N–C) groups is 1. The summed E-state index contributed by atoms with van der Waals surface area (Å²) in [6.45, 7) is 8.06. The van der Waals surface area contributed by atoms with Crippen LogP contribution in [0.5, 0.6) is 0 Å². The van der Waals surface area contributed by atoms with Gasteiger partial charge in [0.25, 0.3) is 0 Å². The average Bonchev–Trinajstić information content (AvgIpc) is 1.98. The Morgan fingerprint density at radius 2 is 2.09 bits per heavy atom. The lowest BCUT2D eigenvalue weighted by atomic mass is 9.98. The van der Waals surface area contributed by atoms with Gasteiger partial charge in [0.05, 0.1) is 0 Å². The molecule has 0 fully saturated rings. The summed E-state index contributed by atoms with van der Waals surface area (Å²) >= 11 is 0. The van der Waals surface area contributed by atoms with Crippen LogP contribution in [0.1, 0.15) is 13.8 Å². The Bertz CT molecular complexity index is 188. The predicted molar refractivity (Wildman–Crippen MR) is 50.7 cm³/mol. The number of hydrogen-bond acceptors (Lipinski definition) is 2. The van der Waals surface area contributed by atoms with Gasteiger partial charge in [-0.25, -0.2) is 0 Å². The van der Waals surface area contributed by atoms with Crippen LogP contribution in [0.15, 0.2) is 28.9 Å². The minimum atomic E-state index is 0.419. The van der Waals surface area contributed by atoms with Crippen molar-refractivity contribution in [2.75, 3.05) is 7.05 Å². The molecule has 0 aliphatic carbocycles. The summed E-state index contributed by atoms with van der Waals surface area (Å²) in [7, 11) is 1.72. The van der Waals surface area contributed by atoms with Gasteiger partial charge >= 0.3 is 0 Å². The monoisotopic (exact) mass is 152 g/mol. The summed E-state index contributed by atoms with van der Waals surface area (Å²) < 4.78 is 0. The van der Waals surface area contributed by atoms with Gasteiger partial charge in [-0.1, -0.05) is 20.4 Å². The van der Waals surface area contributed by atoms with E-state index in [1.807, 2.05) is 0 Å². The molecule has 0 aliphatic heterocycles. The minimum absolute atomic E-state index is 0.419. The topological polar surface area (TPSA) is 38.4 Å². The first kappa shape index (κ1) is 9.95. The van der Waals surface area contributed by atoms with E-state index in [0.29, 0.717) is 5.92 Å². The van der Waals surface area contributed by atoms with Gasteiger partial charge in [-0.2, -0.15) is 0 Å². The highest BCUT2D eigenvalue weighted by Gasteiger charge is 2.02. The van der Waals surface area contributed by atoms with Gasteiger partial charge in [-0.15, -0.1) is 0 Å². The van der Waals surface area contributed by atoms with E-state index in [1.165, 1.54) is 6.20 Å². The third-order valence-electron chi connectivity index (χ3n) is 1.52. The third kappa shape index (κ3) is 3.03. The van der Waals surface area contributed by atoms with Crippen molar-refractivity contribution in [3.05, 3.63) is 23.9 Å². The zero-order valence-corrected chi connectivity index (χ0v) is 7.46. The molecule has 0 aromatic heterocycles. The van der Waals surface area contributed by atoms with E-state index in [1.54, 1.807) is 13.3 Å². The lowest BCUT2D eigenvalue weighted by molar-refractivity contribution is 0.789. The van der Waals surface area contributed by atoms with E-state index in [0.717, 1.165) is 11.1 Å². The molecule has 2 heteroatoms. The fourth-order valence-corrected chi connectivity index (χ4v) is 0.705. The van der Waals surface area contributed by atoms with Gasteiger partial charge in [-0.3, -0.25) is 4.99 Å². The summed E-state index contributed by atoms with van der Waals surface area (Å²) in [6, 6.07) is 0. The van der Waals surface area contributed by atoms with Crippen LogP contribution >= 0.6 is 0 Å². The lowest BCUT2D eigenvalue weighted by Crippen LogP contribution is -2.00. The standard InChI is InChI=1S/C9H16N2/c1-7(2)8(3)9(5-10)6-11-4/h5-7H,3,10H2,1-2,4H3. The number of hydrogen-bond donors (Lipinski definition) is 1. The van der Waals surface area contributed by atoms with Crippen molar-refractivity contribution in [2.45, 2.75) is 13.8 Å². The predicted octanol–water partition coefficient (Wildman–Crippen LogP) is 1.74. The van der Waals surface area contributed by atoms with Gasteiger partial charge in [0.2, 0.25) is 0 Å². The van der Waals surface area contributed by atoms with Crippen molar-refractivity contribution in [3.63, 3.8) is 0 Å². The number of nitrogens with zero attached hydrogens (tertiary/aromatic N) is 1. The molecule has 0 bridgehead atoms. The zero-order chi connectivity index (χ0) is 8.85. The smallest absolute Gasteiger partial charge is 0.0298 e. The molecule has 0 saturated carbocycles. The van der Waals surface area contributed by atoms with Gasteiger partial charge in [0.1, 0.15) is 0 Å². The van der Waals surface area contributed by atoms with Crippen molar-refractivity contribution in [3.8, 4) is 0 Å². The average molecular weight is 152 g/mol. The maximum absolute atomic E-state index is 5.38. The fraction of sp³-hybridized carbons (Fsp3) is 0.444. The van der Waals surface area contributed by atoms with Gasteiger partial charge in [-0.05, 0) is 11.5 Å². The molecule has 0 aliphatic rings. The highest BCUT2D eigenvalue weighted by atomic mass is 14.6. The number of nitrogens with two attached hydrogens (primary N) is 1. The molecule has 0 spiro atoms. The second-order valence-electron chi connectivity index (χ2n) is 2.69. The van der Waals surface area contributed by atoms with Crippen LogP contribution in [0.2, 0.25) is 0 Å². The van der Waals surface area contributed by atoms with Crippen LogP contribution in [0, 0.1) is 5.92 Å². The highest BCUT2D eigenvalue weighted by molar-refractivity contribution is 5.84. The number of allylic oxidation sites excluding steroid dienone is 2. The summed E-state index contributed by atoms with van der Waals surface area (Å²) in [5.74, 6) is 0.419. The molecule has 0 unspecified atom stereocenters. The van der Waals surface area contributed by atoms with Crippen molar-refractivity contribution in [1.82, 2.24) is 0 Å².